The Bertz CT molecular complexity index is 1050. The molecule has 3 heterocycles. The third-order valence-corrected chi connectivity index (χ3v) is 3.81. The van der Waals surface area contributed by atoms with Crippen LogP contribution in [0.2, 0.25) is 0 Å². The maximum atomic E-state index is 11.0. The van der Waals surface area contributed by atoms with Gasteiger partial charge in [0.05, 0.1) is 15.8 Å². The highest BCUT2D eigenvalue weighted by Crippen LogP contribution is 2.30. The largest absolute Gasteiger partial charge is 0.378 e. The third kappa shape index (κ3) is 3.56. The first-order valence-corrected chi connectivity index (χ1v) is 7.92. The molecular formula is C19H17N5O2. The van der Waals surface area contributed by atoms with Gasteiger partial charge in [-0.2, -0.15) is 0 Å². The van der Waals surface area contributed by atoms with Gasteiger partial charge in [-0.1, -0.05) is 6.07 Å². The Morgan fingerprint density at radius 2 is 1.58 bits per heavy atom. The van der Waals surface area contributed by atoms with Crippen molar-refractivity contribution in [3.05, 3.63) is 77.4 Å². The van der Waals surface area contributed by atoms with Gasteiger partial charge < -0.3 is 4.90 Å². The molecule has 0 radical (unpaired) electrons. The molecule has 4 aromatic rings. The monoisotopic (exact) mass is 347 g/mol. The van der Waals surface area contributed by atoms with E-state index in [2.05, 4.69) is 15.0 Å². The maximum absolute atomic E-state index is 11.0. The van der Waals surface area contributed by atoms with E-state index in [0.29, 0.717) is 16.4 Å². The fraction of sp³-hybridized carbons (Fsp3) is 0.105. The van der Waals surface area contributed by atoms with Crippen LogP contribution in [0.15, 0.2) is 67.3 Å². The summed E-state index contributed by atoms with van der Waals surface area (Å²) in [5, 5.41) is 12.3. The van der Waals surface area contributed by atoms with Crippen LogP contribution >= 0.6 is 0 Å². The summed E-state index contributed by atoms with van der Waals surface area (Å²) < 4.78 is 0. The number of aromatic nitrogens is 3. The molecule has 0 aliphatic rings. The second kappa shape index (κ2) is 7.52. The molecule has 7 heteroatoms. The fourth-order valence-electron chi connectivity index (χ4n) is 2.55. The number of rotatable bonds is 2. The van der Waals surface area contributed by atoms with Crippen molar-refractivity contribution < 1.29 is 4.92 Å². The molecule has 0 saturated carbocycles. The molecule has 0 atom stereocenters. The van der Waals surface area contributed by atoms with Crippen LogP contribution < -0.4 is 4.90 Å². The zero-order valence-electron chi connectivity index (χ0n) is 14.4. The number of hydrogen-bond acceptors (Lipinski definition) is 6. The van der Waals surface area contributed by atoms with Gasteiger partial charge in [0.1, 0.15) is 5.52 Å². The van der Waals surface area contributed by atoms with Crippen LogP contribution in [0.4, 0.5) is 11.4 Å². The van der Waals surface area contributed by atoms with Gasteiger partial charge in [0.2, 0.25) is 0 Å². The molecule has 0 spiro atoms. The van der Waals surface area contributed by atoms with Crippen LogP contribution in [0.5, 0.6) is 0 Å². The summed E-state index contributed by atoms with van der Waals surface area (Å²) in [7, 11) is 4.02. The number of nitro groups is 1. The first-order valence-electron chi connectivity index (χ1n) is 7.92. The van der Waals surface area contributed by atoms with Crippen molar-refractivity contribution in [2.75, 3.05) is 19.0 Å². The molecule has 1 aromatic carbocycles. The number of benzene rings is 1. The molecule has 0 unspecified atom stereocenters. The van der Waals surface area contributed by atoms with E-state index >= 15 is 0 Å². The number of nitro benzene ring substituents is 1. The molecule has 130 valence electrons. The van der Waals surface area contributed by atoms with E-state index in [1.807, 2.05) is 31.1 Å². The minimum atomic E-state index is -0.392. The van der Waals surface area contributed by atoms with Crippen LogP contribution in [-0.2, 0) is 0 Å². The number of non-ortho nitro benzene ring substituents is 1. The molecule has 0 saturated heterocycles. The van der Waals surface area contributed by atoms with E-state index < -0.39 is 4.92 Å². The Labute approximate surface area is 150 Å². The molecule has 0 N–H and O–H groups in total. The summed E-state index contributed by atoms with van der Waals surface area (Å²) >= 11 is 0. The third-order valence-electron chi connectivity index (χ3n) is 3.81. The lowest BCUT2D eigenvalue weighted by Gasteiger charge is -2.10. The highest BCUT2D eigenvalue weighted by molar-refractivity contribution is 6.07. The van der Waals surface area contributed by atoms with E-state index in [1.165, 1.54) is 11.8 Å². The first-order chi connectivity index (χ1) is 12.6. The SMILES string of the molecule is CN(C)c1ccncc1.O=[N+]([O-])c1cc2cccnc2c2ncccc12. The summed E-state index contributed by atoms with van der Waals surface area (Å²) in [5.74, 6) is 0. The Morgan fingerprint density at radius 1 is 0.923 bits per heavy atom. The molecule has 0 fully saturated rings. The van der Waals surface area contributed by atoms with Crippen molar-refractivity contribution in [1.29, 1.82) is 0 Å². The molecule has 4 rings (SSSR count). The topological polar surface area (TPSA) is 85.0 Å². The number of pyridine rings is 3. The zero-order valence-corrected chi connectivity index (χ0v) is 14.4. The second-order valence-electron chi connectivity index (χ2n) is 5.73. The molecule has 0 amide bonds. The Hall–Kier alpha value is -3.61. The molecule has 0 aliphatic heterocycles. The Kier molecular flexibility index (Phi) is 4.98. The van der Waals surface area contributed by atoms with Gasteiger partial charge in [0.15, 0.2) is 0 Å². The molecule has 3 aromatic heterocycles. The van der Waals surface area contributed by atoms with Crippen LogP contribution in [0, 0.1) is 10.1 Å². The minimum Gasteiger partial charge on any atom is -0.378 e. The van der Waals surface area contributed by atoms with Gasteiger partial charge in [-0.3, -0.25) is 25.1 Å². The standard InChI is InChI=1S/C12H7N3O2.C7H10N2/c16-15(17)10-7-8-3-1-5-13-11(8)12-9(10)4-2-6-14-12;1-9(2)7-3-5-8-6-4-7/h1-7H;3-6H,1-2H3. The molecule has 26 heavy (non-hydrogen) atoms. The van der Waals surface area contributed by atoms with Crippen LogP contribution in [0.1, 0.15) is 0 Å². The highest BCUT2D eigenvalue weighted by atomic mass is 16.6. The fourth-order valence-corrected chi connectivity index (χ4v) is 2.55. The first kappa shape index (κ1) is 17.2. The number of hydrogen-bond donors (Lipinski definition) is 0. The summed E-state index contributed by atoms with van der Waals surface area (Å²) in [4.78, 5) is 25.0. The molecule has 0 bridgehead atoms. The van der Waals surface area contributed by atoms with Gasteiger partial charge in [-0.05, 0) is 30.3 Å². The average Bonchev–Trinajstić information content (AvgIpc) is 2.68. The molecule has 7 nitrogen and oxygen atoms in total. The van der Waals surface area contributed by atoms with Gasteiger partial charge in [0.25, 0.3) is 5.69 Å². The van der Waals surface area contributed by atoms with E-state index in [4.69, 9.17) is 0 Å². The lowest BCUT2D eigenvalue weighted by atomic mass is 10.1. The highest BCUT2D eigenvalue weighted by Gasteiger charge is 2.15. The van der Waals surface area contributed by atoms with Crippen molar-refractivity contribution in [3.8, 4) is 0 Å². The van der Waals surface area contributed by atoms with Gasteiger partial charge in [0, 0.05) is 56.0 Å². The Morgan fingerprint density at radius 3 is 2.19 bits per heavy atom. The summed E-state index contributed by atoms with van der Waals surface area (Å²) in [6.45, 7) is 0. The lowest BCUT2D eigenvalue weighted by molar-refractivity contribution is -0.382. The molecule has 0 aliphatic carbocycles. The van der Waals surface area contributed by atoms with Crippen molar-refractivity contribution in [1.82, 2.24) is 15.0 Å². The second-order valence-corrected chi connectivity index (χ2v) is 5.73. The predicted molar refractivity (Wildman–Crippen MR) is 102 cm³/mol. The normalized spacial score (nSPS) is 10.2. The van der Waals surface area contributed by atoms with Gasteiger partial charge >= 0.3 is 0 Å². The van der Waals surface area contributed by atoms with Crippen molar-refractivity contribution in [3.63, 3.8) is 0 Å². The van der Waals surface area contributed by atoms with Crippen LogP contribution in [0.25, 0.3) is 21.8 Å². The van der Waals surface area contributed by atoms with Crippen molar-refractivity contribution in [2.24, 2.45) is 0 Å². The summed E-state index contributed by atoms with van der Waals surface area (Å²) in [6, 6.07) is 12.4. The molecular weight excluding hydrogens is 330 g/mol. The summed E-state index contributed by atoms with van der Waals surface area (Å²) in [6.07, 6.45) is 6.84. The van der Waals surface area contributed by atoms with Crippen molar-refractivity contribution >= 4 is 33.2 Å². The average molecular weight is 347 g/mol. The van der Waals surface area contributed by atoms with E-state index in [-0.39, 0.29) is 5.69 Å². The summed E-state index contributed by atoms with van der Waals surface area (Å²) in [5.41, 5.74) is 2.50. The van der Waals surface area contributed by atoms with Gasteiger partial charge in [-0.25, -0.2) is 0 Å². The number of nitrogens with zero attached hydrogens (tertiary/aromatic N) is 5. The number of anilines is 1. The van der Waals surface area contributed by atoms with Crippen LogP contribution in [0.3, 0.4) is 0 Å². The minimum absolute atomic E-state index is 0.0635. The predicted octanol–water partition coefficient (Wildman–Crippen LogP) is 3.84. The van der Waals surface area contributed by atoms with E-state index in [9.17, 15) is 10.1 Å². The van der Waals surface area contributed by atoms with E-state index in [0.717, 1.165) is 5.39 Å². The smallest absolute Gasteiger partial charge is 0.279 e. The van der Waals surface area contributed by atoms with E-state index in [1.54, 1.807) is 49.1 Å². The zero-order chi connectivity index (χ0) is 18.5. The Balaban J connectivity index is 0.000000185. The lowest BCUT2D eigenvalue weighted by Crippen LogP contribution is -2.07. The quantitative estimate of drug-likeness (QED) is 0.311. The van der Waals surface area contributed by atoms with Crippen LogP contribution in [-0.4, -0.2) is 34.0 Å². The van der Waals surface area contributed by atoms with Crippen molar-refractivity contribution in [2.45, 2.75) is 0 Å². The number of fused-ring (bicyclic) bond motifs is 3. The maximum Gasteiger partial charge on any atom is 0.279 e. The van der Waals surface area contributed by atoms with Gasteiger partial charge in [-0.15, -0.1) is 0 Å².